The molecule has 0 radical (unpaired) electrons. The predicted molar refractivity (Wildman–Crippen MR) is 146 cm³/mol. The van der Waals surface area contributed by atoms with Gasteiger partial charge in [-0.2, -0.15) is 17.8 Å². The summed E-state index contributed by atoms with van der Waals surface area (Å²) in [5, 5.41) is 0.794. The van der Waals surface area contributed by atoms with E-state index in [0.717, 1.165) is 41.3 Å². The van der Waals surface area contributed by atoms with E-state index < -0.39 is 16.1 Å². The van der Waals surface area contributed by atoms with Crippen LogP contribution in [0.1, 0.15) is 18.9 Å². The fraction of sp³-hybridized carbons (Fsp3) is 0.423. The molecule has 0 saturated carbocycles. The average Bonchev–Trinajstić information content (AvgIpc) is 3.47. The zero-order chi connectivity index (χ0) is 28.3. The lowest BCUT2D eigenvalue weighted by atomic mass is 10.0. The van der Waals surface area contributed by atoms with Crippen LogP contribution in [0.25, 0.3) is 33.1 Å². The minimum atomic E-state index is -3.67. The van der Waals surface area contributed by atoms with Gasteiger partial charge in [-0.25, -0.2) is 4.79 Å². The first-order chi connectivity index (χ1) is 18.4. The molecule has 1 aliphatic rings. The van der Waals surface area contributed by atoms with Crippen molar-refractivity contribution in [3.63, 3.8) is 0 Å². The van der Waals surface area contributed by atoms with Crippen molar-refractivity contribution in [3.8, 4) is 17.0 Å². The highest BCUT2D eigenvalue weighted by Crippen LogP contribution is 2.32. The largest absolute Gasteiger partial charge is 0.478 e. The molecule has 0 unspecified atom stereocenters. The summed E-state index contributed by atoms with van der Waals surface area (Å²) in [4.78, 5) is 23.7. The number of benzene rings is 1. The van der Waals surface area contributed by atoms with Gasteiger partial charge in [-0.1, -0.05) is 6.07 Å². The number of nitrogens with zero attached hydrogens (tertiary/aromatic N) is 5. The third-order valence-corrected chi connectivity index (χ3v) is 6.32. The molecule has 1 saturated heterocycles. The number of imidazole rings is 1. The number of aryl methyl sites for hydroxylation is 1. The SMILES string of the molecule is CN(C)CCCOc1ccc(-c2ccc3ncc4c(c3c2)n([C@H]2CCOC2)c(=O)n4C)c(F)n1.CS(=O)(=O)O. The molecule has 0 aliphatic carbocycles. The summed E-state index contributed by atoms with van der Waals surface area (Å²) in [6.07, 6.45) is 4.04. The maximum atomic E-state index is 15.0. The Hall–Kier alpha value is -3.39. The van der Waals surface area contributed by atoms with Gasteiger partial charge in [-0.3, -0.25) is 18.7 Å². The molecule has 0 amide bonds. The lowest BCUT2D eigenvalue weighted by Crippen LogP contribution is -2.26. The van der Waals surface area contributed by atoms with Gasteiger partial charge in [0.1, 0.15) is 0 Å². The van der Waals surface area contributed by atoms with Crippen molar-refractivity contribution in [1.82, 2.24) is 24.0 Å². The van der Waals surface area contributed by atoms with Gasteiger partial charge >= 0.3 is 5.69 Å². The number of aromatic nitrogens is 4. The molecule has 1 atom stereocenters. The Labute approximate surface area is 225 Å². The smallest absolute Gasteiger partial charge is 0.329 e. The van der Waals surface area contributed by atoms with Crippen LogP contribution in [0, 0.1) is 5.95 Å². The quantitative estimate of drug-likeness (QED) is 0.206. The molecule has 39 heavy (non-hydrogen) atoms. The van der Waals surface area contributed by atoms with E-state index in [1.54, 1.807) is 34.5 Å². The first kappa shape index (κ1) is 28.6. The maximum Gasteiger partial charge on any atom is 0.329 e. The molecule has 5 rings (SSSR count). The summed E-state index contributed by atoms with van der Waals surface area (Å²) >= 11 is 0. The Balaban J connectivity index is 0.000000648. The Morgan fingerprint density at radius 3 is 2.64 bits per heavy atom. The van der Waals surface area contributed by atoms with E-state index in [2.05, 4.69) is 14.9 Å². The van der Waals surface area contributed by atoms with E-state index in [4.69, 9.17) is 14.0 Å². The summed E-state index contributed by atoms with van der Waals surface area (Å²) in [5.41, 5.74) is 3.20. The lowest BCUT2D eigenvalue weighted by Gasteiger charge is -2.12. The summed E-state index contributed by atoms with van der Waals surface area (Å²) in [6, 6.07) is 8.89. The predicted octanol–water partition coefficient (Wildman–Crippen LogP) is 2.89. The van der Waals surface area contributed by atoms with Crippen molar-refractivity contribution in [2.75, 3.05) is 46.7 Å². The molecule has 0 spiro atoms. The van der Waals surface area contributed by atoms with Crippen molar-refractivity contribution in [1.29, 1.82) is 0 Å². The van der Waals surface area contributed by atoms with Crippen LogP contribution < -0.4 is 10.4 Å². The monoisotopic (exact) mass is 561 g/mol. The van der Waals surface area contributed by atoms with E-state index >= 15 is 0 Å². The van der Waals surface area contributed by atoms with Gasteiger partial charge in [0, 0.05) is 37.2 Å². The van der Waals surface area contributed by atoms with E-state index in [0.29, 0.717) is 37.2 Å². The third kappa shape index (κ3) is 6.79. The van der Waals surface area contributed by atoms with Gasteiger partial charge in [0.15, 0.2) is 0 Å². The molecular weight excluding hydrogens is 529 g/mol. The summed E-state index contributed by atoms with van der Waals surface area (Å²) in [5.74, 6) is -0.331. The Morgan fingerprint density at radius 1 is 1.26 bits per heavy atom. The maximum absolute atomic E-state index is 15.0. The Morgan fingerprint density at radius 2 is 2.00 bits per heavy atom. The molecule has 3 aromatic heterocycles. The second-order valence-corrected chi connectivity index (χ2v) is 11.1. The topological polar surface area (TPSA) is 129 Å². The highest BCUT2D eigenvalue weighted by atomic mass is 32.2. The average molecular weight is 562 g/mol. The number of ether oxygens (including phenoxy) is 2. The normalized spacial score (nSPS) is 15.6. The minimum absolute atomic E-state index is 0.0345. The second-order valence-electron chi connectivity index (χ2n) is 9.68. The third-order valence-electron chi connectivity index (χ3n) is 6.32. The summed E-state index contributed by atoms with van der Waals surface area (Å²) < 4.78 is 55.4. The van der Waals surface area contributed by atoms with Crippen LogP contribution in [0.4, 0.5) is 4.39 Å². The molecule has 4 aromatic rings. The van der Waals surface area contributed by atoms with Crippen LogP contribution in [0.15, 0.2) is 41.3 Å². The molecule has 1 fully saturated rings. The molecule has 11 nitrogen and oxygen atoms in total. The van der Waals surface area contributed by atoms with Crippen LogP contribution >= 0.6 is 0 Å². The number of hydrogen-bond donors (Lipinski definition) is 1. The molecule has 13 heteroatoms. The van der Waals surface area contributed by atoms with Crippen LogP contribution in [-0.2, 0) is 21.9 Å². The van der Waals surface area contributed by atoms with E-state index in [9.17, 15) is 17.6 Å². The van der Waals surface area contributed by atoms with Crippen LogP contribution in [0.2, 0.25) is 0 Å². The standard InChI is InChI=1S/C25H28FN5O3.CH4O3S/c1-29(2)10-4-11-34-22-8-6-18(24(26)28-22)16-5-7-20-19(13-16)23-21(14-27-20)30(3)25(32)31(23)17-9-12-33-15-17;1-5(2,3)4/h5-8,13-14,17H,4,9-12,15H2,1-3H3;1H3,(H,2,3,4)/t17-;/m0./s1. The highest BCUT2D eigenvalue weighted by Gasteiger charge is 2.25. The first-order valence-corrected chi connectivity index (χ1v) is 14.2. The number of pyridine rings is 2. The summed E-state index contributed by atoms with van der Waals surface area (Å²) in [7, 11) is 2.07. The minimum Gasteiger partial charge on any atom is -0.478 e. The van der Waals surface area contributed by atoms with Crippen molar-refractivity contribution in [2.45, 2.75) is 18.9 Å². The molecule has 0 bridgehead atoms. The van der Waals surface area contributed by atoms with Gasteiger partial charge in [0.25, 0.3) is 10.1 Å². The number of hydrogen-bond acceptors (Lipinski definition) is 8. The lowest BCUT2D eigenvalue weighted by molar-refractivity contribution is 0.186. The molecule has 1 aromatic carbocycles. The van der Waals surface area contributed by atoms with E-state index in [-0.39, 0.29) is 17.6 Å². The summed E-state index contributed by atoms with van der Waals surface area (Å²) in [6.45, 7) is 2.48. The van der Waals surface area contributed by atoms with Gasteiger partial charge in [-0.05, 0) is 50.7 Å². The zero-order valence-electron chi connectivity index (χ0n) is 22.3. The number of fused-ring (bicyclic) bond motifs is 3. The van der Waals surface area contributed by atoms with Crippen molar-refractivity contribution in [3.05, 3.63) is 53.0 Å². The molecule has 1 aliphatic heterocycles. The van der Waals surface area contributed by atoms with Crippen LogP contribution in [-0.4, -0.2) is 83.7 Å². The highest BCUT2D eigenvalue weighted by molar-refractivity contribution is 7.85. The van der Waals surface area contributed by atoms with Gasteiger partial charge < -0.3 is 14.4 Å². The molecule has 4 heterocycles. The first-order valence-electron chi connectivity index (χ1n) is 12.4. The van der Waals surface area contributed by atoms with Crippen molar-refractivity contribution >= 4 is 32.1 Å². The fourth-order valence-corrected chi connectivity index (χ4v) is 4.53. The zero-order valence-corrected chi connectivity index (χ0v) is 23.1. The van der Waals surface area contributed by atoms with E-state index in [1.165, 1.54) is 0 Å². The van der Waals surface area contributed by atoms with Crippen LogP contribution in [0.3, 0.4) is 0 Å². The van der Waals surface area contributed by atoms with Gasteiger partial charge in [0.05, 0.1) is 48.3 Å². The van der Waals surface area contributed by atoms with Crippen LogP contribution in [0.5, 0.6) is 5.88 Å². The second kappa shape index (κ2) is 11.8. The Bertz CT molecular complexity index is 1640. The molecule has 210 valence electrons. The van der Waals surface area contributed by atoms with Crippen molar-refractivity contribution in [2.24, 2.45) is 7.05 Å². The van der Waals surface area contributed by atoms with Crippen molar-refractivity contribution < 1.29 is 26.8 Å². The fourth-order valence-electron chi connectivity index (χ4n) is 4.53. The number of halogens is 1. The Kier molecular flexibility index (Phi) is 8.64. The molecular formula is C26H32FN5O6S. The van der Waals surface area contributed by atoms with Gasteiger partial charge in [-0.15, -0.1) is 0 Å². The van der Waals surface area contributed by atoms with E-state index in [1.807, 2.05) is 32.3 Å². The molecule has 1 N–H and O–H groups in total. The van der Waals surface area contributed by atoms with Gasteiger partial charge in [0.2, 0.25) is 11.8 Å². The number of rotatable bonds is 7.